The normalized spacial score (nSPS) is 21.0. The minimum absolute atomic E-state index is 0. The molecule has 0 aliphatic carbocycles. The van der Waals surface area contributed by atoms with Gasteiger partial charge in [-0.1, -0.05) is 13.5 Å². The first-order valence-electron chi connectivity index (χ1n) is 9.02. The largest absolute Gasteiger partial charge is 0.323 e. The Balaban J connectivity index is 0.00000261. The number of ketones is 2. The fourth-order valence-corrected chi connectivity index (χ4v) is 4.76. The number of hydrogen-bond donors (Lipinski definition) is 0. The van der Waals surface area contributed by atoms with E-state index in [2.05, 4.69) is 16.9 Å². The number of carbonyl (C=O) groups is 3. The SMILES string of the molecule is C.CC(=O)N1CSCC1C(=O)Cc1cccc(C(=O)C2CCN(C)CC2)n1. The lowest BCUT2D eigenvalue weighted by molar-refractivity contribution is -0.135. The van der Waals surface area contributed by atoms with Crippen molar-refractivity contribution < 1.29 is 14.4 Å². The number of hydrogen-bond acceptors (Lipinski definition) is 6. The molecule has 0 radical (unpaired) electrons. The molecule has 3 rings (SSSR count). The number of piperidine rings is 1. The summed E-state index contributed by atoms with van der Waals surface area (Å²) in [6.07, 6.45) is 1.86. The predicted octanol–water partition coefficient (Wildman–Crippen LogP) is 2.28. The molecule has 6 nitrogen and oxygen atoms in total. The van der Waals surface area contributed by atoms with Gasteiger partial charge >= 0.3 is 0 Å². The van der Waals surface area contributed by atoms with E-state index in [-0.39, 0.29) is 43.3 Å². The summed E-state index contributed by atoms with van der Waals surface area (Å²) in [6.45, 7) is 3.34. The molecule has 27 heavy (non-hydrogen) atoms. The standard InChI is InChI=1S/C19H25N3O3S.CH4/c1-13(23)22-12-26-11-17(22)18(24)10-15-4-3-5-16(20-15)19(25)14-6-8-21(2)9-7-14;/h3-5,14,17H,6-12H2,1-2H3;1H4. The Morgan fingerprint density at radius 3 is 2.59 bits per heavy atom. The first-order valence-corrected chi connectivity index (χ1v) is 10.2. The van der Waals surface area contributed by atoms with Gasteiger partial charge in [-0.25, -0.2) is 4.98 Å². The third-order valence-electron chi connectivity index (χ3n) is 5.16. The first-order chi connectivity index (χ1) is 12.5. The Hall–Kier alpha value is -1.73. The summed E-state index contributed by atoms with van der Waals surface area (Å²) in [4.78, 5) is 45.3. The van der Waals surface area contributed by atoms with Gasteiger partial charge in [-0.3, -0.25) is 14.4 Å². The molecule has 1 aromatic rings. The van der Waals surface area contributed by atoms with Gasteiger partial charge in [0.15, 0.2) is 11.6 Å². The minimum atomic E-state index is -0.382. The van der Waals surface area contributed by atoms with Crippen LogP contribution in [0.25, 0.3) is 0 Å². The van der Waals surface area contributed by atoms with E-state index in [9.17, 15) is 14.4 Å². The number of amides is 1. The number of nitrogens with zero attached hydrogens (tertiary/aromatic N) is 3. The Morgan fingerprint density at radius 2 is 1.93 bits per heavy atom. The van der Waals surface area contributed by atoms with Gasteiger partial charge in [-0.15, -0.1) is 11.8 Å². The zero-order valence-corrected chi connectivity index (χ0v) is 16.1. The second-order valence-corrected chi connectivity index (χ2v) is 8.10. The molecule has 2 fully saturated rings. The summed E-state index contributed by atoms with van der Waals surface area (Å²) < 4.78 is 0. The minimum Gasteiger partial charge on any atom is -0.323 e. The van der Waals surface area contributed by atoms with Crippen LogP contribution in [0.4, 0.5) is 0 Å². The van der Waals surface area contributed by atoms with Crippen LogP contribution in [0.2, 0.25) is 0 Å². The van der Waals surface area contributed by atoms with E-state index in [4.69, 9.17) is 0 Å². The molecule has 0 spiro atoms. The molecule has 1 unspecified atom stereocenters. The summed E-state index contributed by atoms with van der Waals surface area (Å²) in [6, 6.07) is 4.93. The summed E-state index contributed by atoms with van der Waals surface area (Å²) in [5.41, 5.74) is 1.06. The number of thioether (sulfide) groups is 1. The summed E-state index contributed by atoms with van der Waals surface area (Å²) in [5.74, 6) is 1.20. The van der Waals surface area contributed by atoms with Crippen molar-refractivity contribution in [1.29, 1.82) is 0 Å². The lowest BCUT2D eigenvalue weighted by Gasteiger charge is -2.27. The topological polar surface area (TPSA) is 70.6 Å². The zero-order chi connectivity index (χ0) is 18.7. The Kier molecular flexibility index (Phi) is 7.56. The van der Waals surface area contributed by atoms with Gasteiger partial charge < -0.3 is 9.80 Å². The Bertz CT molecular complexity index is 701. The average Bonchev–Trinajstić information content (AvgIpc) is 3.12. The maximum atomic E-state index is 12.7. The monoisotopic (exact) mass is 391 g/mol. The highest BCUT2D eigenvalue weighted by Gasteiger charge is 2.33. The molecular formula is C20H29N3O3S. The van der Waals surface area contributed by atoms with Crippen LogP contribution in [0.3, 0.4) is 0 Å². The molecule has 3 heterocycles. The van der Waals surface area contributed by atoms with Crippen LogP contribution < -0.4 is 0 Å². The van der Waals surface area contributed by atoms with E-state index in [1.807, 2.05) is 0 Å². The van der Waals surface area contributed by atoms with Gasteiger partial charge in [0.25, 0.3) is 0 Å². The molecule has 1 aromatic heterocycles. The van der Waals surface area contributed by atoms with Gasteiger partial charge in [0.2, 0.25) is 5.91 Å². The second-order valence-electron chi connectivity index (χ2n) is 7.10. The van der Waals surface area contributed by atoms with Crippen molar-refractivity contribution in [3.05, 3.63) is 29.6 Å². The fraction of sp³-hybridized carbons (Fsp3) is 0.600. The molecule has 0 saturated carbocycles. The van der Waals surface area contributed by atoms with Crippen LogP contribution in [-0.4, -0.2) is 70.1 Å². The van der Waals surface area contributed by atoms with Crippen molar-refractivity contribution in [3.63, 3.8) is 0 Å². The van der Waals surface area contributed by atoms with Crippen LogP contribution >= 0.6 is 11.8 Å². The Morgan fingerprint density at radius 1 is 1.22 bits per heavy atom. The van der Waals surface area contributed by atoms with Crippen molar-refractivity contribution in [2.24, 2.45) is 5.92 Å². The van der Waals surface area contributed by atoms with E-state index in [0.29, 0.717) is 23.0 Å². The fourth-order valence-electron chi connectivity index (χ4n) is 3.51. The van der Waals surface area contributed by atoms with E-state index in [1.54, 1.807) is 34.9 Å². The highest BCUT2D eigenvalue weighted by atomic mass is 32.2. The maximum Gasteiger partial charge on any atom is 0.220 e. The second kappa shape index (κ2) is 9.46. The molecule has 1 atom stereocenters. The lowest BCUT2D eigenvalue weighted by Crippen LogP contribution is -2.41. The van der Waals surface area contributed by atoms with Crippen molar-refractivity contribution in [2.45, 2.75) is 39.7 Å². The van der Waals surface area contributed by atoms with Crippen LogP contribution in [0.1, 0.15) is 43.4 Å². The zero-order valence-electron chi connectivity index (χ0n) is 15.3. The summed E-state index contributed by atoms with van der Waals surface area (Å²) in [7, 11) is 2.07. The third kappa shape index (κ3) is 5.17. The van der Waals surface area contributed by atoms with Gasteiger partial charge in [0.1, 0.15) is 11.7 Å². The van der Waals surface area contributed by atoms with Crippen LogP contribution in [0, 0.1) is 5.92 Å². The number of pyridine rings is 1. The number of Topliss-reactive ketones (excluding diaryl/α,β-unsaturated/α-hetero) is 2. The molecular weight excluding hydrogens is 362 g/mol. The quantitative estimate of drug-likeness (QED) is 0.717. The first kappa shape index (κ1) is 21.6. The predicted molar refractivity (Wildman–Crippen MR) is 108 cm³/mol. The number of likely N-dealkylation sites (tertiary alicyclic amines) is 1. The summed E-state index contributed by atoms with van der Waals surface area (Å²) in [5, 5.41) is 0. The molecule has 2 aliphatic heterocycles. The number of aromatic nitrogens is 1. The van der Waals surface area contributed by atoms with E-state index < -0.39 is 0 Å². The molecule has 2 aliphatic rings. The van der Waals surface area contributed by atoms with Crippen molar-refractivity contribution in [3.8, 4) is 0 Å². The molecule has 0 aromatic carbocycles. The van der Waals surface area contributed by atoms with Gasteiger partial charge in [-0.05, 0) is 45.1 Å². The van der Waals surface area contributed by atoms with Gasteiger partial charge in [0, 0.05) is 24.3 Å². The van der Waals surface area contributed by atoms with Crippen molar-refractivity contribution in [2.75, 3.05) is 31.8 Å². The highest BCUT2D eigenvalue weighted by Crippen LogP contribution is 2.23. The molecule has 0 N–H and O–H groups in total. The van der Waals surface area contributed by atoms with Crippen LogP contribution in [0.5, 0.6) is 0 Å². The van der Waals surface area contributed by atoms with Crippen molar-refractivity contribution >= 4 is 29.2 Å². The molecule has 0 bridgehead atoms. The van der Waals surface area contributed by atoms with Crippen molar-refractivity contribution in [1.82, 2.24) is 14.8 Å². The smallest absolute Gasteiger partial charge is 0.220 e. The van der Waals surface area contributed by atoms with Gasteiger partial charge in [-0.2, -0.15) is 0 Å². The van der Waals surface area contributed by atoms with Crippen LogP contribution in [-0.2, 0) is 16.0 Å². The number of carbonyl (C=O) groups excluding carboxylic acids is 3. The molecule has 1 amide bonds. The highest BCUT2D eigenvalue weighted by molar-refractivity contribution is 7.99. The van der Waals surface area contributed by atoms with Gasteiger partial charge in [0.05, 0.1) is 12.3 Å². The average molecular weight is 392 g/mol. The van der Waals surface area contributed by atoms with E-state index >= 15 is 0 Å². The van der Waals surface area contributed by atoms with Crippen LogP contribution in [0.15, 0.2) is 18.2 Å². The van der Waals surface area contributed by atoms with E-state index in [1.165, 1.54) is 6.92 Å². The lowest BCUT2D eigenvalue weighted by atomic mass is 9.91. The van der Waals surface area contributed by atoms with E-state index in [0.717, 1.165) is 25.9 Å². The molecule has 148 valence electrons. The Labute approximate surface area is 165 Å². The summed E-state index contributed by atoms with van der Waals surface area (Å²) >= 11 is 1.59. The molecule has 7 heteroatoms. The molecule has 2 saturated heterocycles. The maximum absolute atomic E-state index is 12.7. The number of rotatable bonds is 5. The third-order valence-corrected chi connectivity index (χ3v) is 6.17.